The summed E-state index contributed by atoms with van der Waals surface area (Å²) in [4.78, 5) is 15.7. The highest BCUT2D eigenvalue weighted by atomic mass is 16.1. The van der Waals surface area contributed by atoms with Gasteiger partial charge in [-0.25, -0.2) is 0 Å². The van der Waals surface area contributed by atoms with Crippen molar-refractivity contribution in [2.45, 2.75) is 13.8 Å². The molecule has 1 aromatic carbocycles. The minimum atomic E-state index is 0.0857. The van der Waals surface area contributed by atoms with Crippen LogP contribution in [0.3, 0.4) is 0 Å². The van der Waals surface area contributed by atoms with E-state index in [1.165, 1.54) is 0 Å². The SMILES string of the molecule is CC(=O)c1cccc(C)c1-c1cccnc1. The Morgan fingerprint density at radius 3 is 2.62 bits per heavy atom. The molecule has 0 atom stereocenters. The number of pyridine rings is 1. The number of aromatic nitrogens is 1. The molecule has 0 unspecified atom stereocenters. The second kappa shape index (κ2) is 4.27. The molecule has 0 spiro atoms. The van der Waals surface area contributed by atoms with Crippen LogP contribution in [-0.2, 0) is 0 Å². The van der Waals surface area contributed by atoms with Crippen molar-refractivity contribution in [3.8, 4) is 11.1 Å². The van der Waals surface area contributed by atoms with E-state index in [4.69, 9.17) is 0 Å². The lowest BCUT2D eigenvalue weighted by Gasteiger charge is -2.10. The van der Waals surface area contributed by atoms with Gasteiger partial charge in [0.1, 0.15) is 0 Å². The van der Waals surface area contributed by atoms with Crippen molar-refractivity contribution in [2.24, 2.45) is 0 Å². The van der Waals surface area contributed by atoms with Crippen molar-refractivity contribution >= 4 is 5.78 Å². The van der Waals surface area contributed by atoms with Crippen LogP contribution in [0.15, 0.2) is 42.7 Å². The van der Waals surface area contributed by atoms with Crippen LogP contribution < -0.4 is 0 Å². The number of Topliss-reactive ketones (excluding diaryl/α,β-unsaturated/α-hetero) is 1. The number of nitrogens with zero attached hydrogens (tertiary/aromatic N) is 1. The van der Waals surface area contributed by atoms with Gasteiger partial charge in [-0.15, -0.1) is 0 Å². The molecule has 1 heterocycles. The van der Waals surface area contributed by atoms with Crippen LogP contribution in [-0.4, -0.2) is 10.8 Å². The predicted octanol–water partition coefficient (Wildman–Crippen LogP) is 3.26. The molecule has 2 aromatic rings. The van der Waals surface area contributed by atoms with E-state index in [9.17, 15) is 4.79 Å². The molecule has 0 aliphatic heterocycles. The highest BCUT2D eigenvalue weighted by Gasteiger charge is 2.10. The van der Waals surface area contributed by atoms with E-state index in [-0.39, 0.29) is 5.78 Å². The van der Waals surface area contributed by atoms with Gasteiger partial charge in [0.2, 0.25) is 0 Å². The molecular formula is C14H13NO. The third-order valence-corrected chi connectivity index (χ3v) is 2.60. The predicted molar refractivity (Wildman–Crippen MR) is 64.4 cm³/mol. The van der Waals surface area contributed by atoms with E-state index in [0.29, 0.717) is 0 Å². The largest absolute Gasteiger partial charge is 0.294 e. The van der Waals surface area contributed by atoms with Gasteiger partial charge in [-0.2, -0.15) is 0 Å². The molecule has 0 aliphatic rings. The lowest BCUT2D eigenvalue weighted by molar-refractivity contribution is 0.101. The molecular weight excluding hydrogens is 198 g/mol. The molecule has 2 rings (SSSR count). The Balaban J connectivity index is 2.68. The van der Waals surface area contributed by atoms with Gasteiger partial charge in [-0.1, -0.05) is 24.3 Å². The van der Waals surface area contributed by atoms with Gasteiger partial charge in [0.15, 0.2) is 5.78 Å². The maximum Gasteiger partial charge on any atom is 0.160 e. The number of hydrogen-bond acceptors (Lipinski definition) is 2. The Bertz CT molecular complexity index is 518. The molecule has 0 radical (unpaired) electrons. The topological polar surface area (TPSA) is 30.0 Å². The van der Waals surface area contributed by atoms with Crippen LogP contribution in [0.5, 0.6) is 0 Å². The van der Waals surface area contributed by atoms with Gasteiger partial charge in [0.05, 0.1) is 0 Å². The fourth-order valence-electron chi connectivity index (χ4n) is 1.85. The Kier molecular flexibility index (Phi) is 2.82. The summed E-state index contributed by atoms with van der Waals surface area (Å²) < 4.78 is 0. The maximum absolute atomic E-state index is 11.6. The van der Waals surface area contributed by atoms with E-state index in [0.717, 1.165) is 22.3 Å². The Labute approximate surface area is 95.0 Å². The van der Waals surface area contributed by atoms with Crippen LogP contribution in [0, 0.1) is 6.92 Å². The minimum absolute atomic E-state index is 0.0857. The molecule has 1 aromatic heterocycles. The Morgan fingerprint density at radius 1 is 1.19 bits per heavy atom. The van der Waals surface area contributed by atoms with Crippen LogP contribution >= 0.6 is 0 Å². The van der Waals surface area contributed by atoms with Crippen molar-refractivity contribution in [3.63, 3.8) is 0 Å². The first-order chi connectivity index (χ1) is 7.70. The number of carbonyl (C=O) groups excluding carboxylic acids is 1. The third kappa shape index (κ3) is 1.87. The fraction of sp³-hybridized carbons (Fsp3) is 0.143. The molecule has 2 heteroatoms. The van der Waals surface area contributed by atoms with Gasteiger partial charge in [-0.3, -0.25) is 9.78 Å². The van der Waals surface area contributed by atoms with Crippen molar-refractivity contribution in [2.75, 3.05) is 0 Å². The maximum atomic E-state index is 11.6. The zero-order valence-corrected chi connectivity index (χ0v) is 9.40. The van der Waals surface area contributed by atoms with E-state index >= 15 is 0 Å². The van der Waals surface area contributed by atoms with Crippen molar-refractivity contribution in [1.29, 1.82) is 0 Å². The monoisotopic (exact) mass is 211 g/mol. The standard InChI is InChI=1S/C14H13NO/c1-10-5-3-7-13(11(2)16)14(10)12-6-4-8-15-9-12/h3-9H,1-2H3. The molecule has 80 valence electrons. The molecule has 0 N–H and O–H groups in total. The molecule has 0 fully saturated rings. The van der Waals surface area contributed by atoms with Gasteiger partial charge < -0.3 is 0 Å². The average Bonchev–Trinajstić information content (AvgIpc) is 2.29. The first-order valence-corrected chi connectivity index (χ1v) is 5.21. The van der Waals surface area contributed by atoms with E-state index in [1.54, 1.807) is 19.3 Å². The fourth-order valence-corrected chi connectivity index (χ4v) is 1.85. The van der Waals surface area contributed by atoms with E-state index < -0.39 is 0 Å². The van der Waals surface area contributed by atoms with Gasteiger partial charge in [0.25, 0.3) is 0 Å². The zero-order chi connectivity index (χ0) is 11.5. The van der Waals surface area contributed by atoms with Crippen molar-refractivity contribution in [3.05, 3.63) is 53.9 Å². The summed E-state index contributed by atoms with van der Waals surface area (Å²) in [5.74, 6) is 0.0857. The second-order valence-electron chi connectivity index (χ2n) is 3.80. The first kappa shape index (κ1) is 10.6. The van der Waals surface area contributed by atoms with Crippen LogP contribution in [0.2, 0.25) is 0 Å². The summed E-state index contributed by atoms with van der Waals surface area (Å²) in [5.41, 5.74) is 3.84. The number of rotatable bonds is 2. The smallest absolute Gasteiger partial charge is 0.160 e. The van der Waals surface area contributed by atoms with Crippen LogP contribution in [0.4, 0.5) is 0 Å². The van der Waals surface area contributed by atoms with E-state index in [1.807, 2.05) is 37.3 Å². The highest BCUT2D eigenvalue weighted by molar-refractivity contribution is 6.01. The first-order valence-electron chi connectivity index (χ1n) is 5.21. The van der Waals surface area contributed by atoms with Gasteiger partial charge in [0, 0.05) is 23.5 Å². The number of hydrogen-bond donors (Lipinski definition) is 0. The summed E-state index contributed by atoms with van der Waals surface area (Å²) in [5, 5.41) is 0. The van der Waals surface area contributed by atoms with Gasteiger partial charge in [-0.05, 0) is 31.0 Å². The van der Waals surface area contributed by atoms with Crippen molar-refractivity contribution < 1.29 is 4.79 Å². The Hall–Kier alpha value is -1.96. The summed E-state index contributed by atoms with van der Waals surface area (Å²) in [7, 11) is 0. The Morgan fingerprint density at radius 2 is 2.00 bits per heavy atom. The molecule has 2 nitrogen and oxygen atoms in total. The summed E-state index contributed by atoms with van der Waals surface area (Å²) >= 11 is 0. The molecule has 0 saturated carbocycles. The third-order valence-electron chi connectivity index (χ3n) is 2.60. The molecule has 0 saturated heterocycles. The second-order valence-corrected chi connectivity index (χ2v) is 3.80. The summed E-state index contributed by atoms with van der Waals surface area (Å²) in [6.07, 6.45) is 3.52. The molecule has 0 bridgehead atoms. The lowest BCUT2D eigenvalue weighted by atomic mass is 9.94. The quantitative estimate of drug-likeness (QED) is 0.714. The van der Waals surface area contributed by atoms with Gasteiger partial charge >= 0.3 is 0 Å². The molecule has 0 aliphatic carbocycles. The zero-order valence-electron chi connectivity index (χ0n) is 9.40. The number of carbonyl (C=O) groups is 1. The lowest BCUT2D eigenvalue weighted by Crippen LogP contribution is -1.98. The van der Waals surface area contributed by atoms with Crippen molar-refractivity contribution in [1.82, 2.24) is 4.98 Å². The van der Waals surface area contributed by atoms with E-state index in [2.05, 4.69) is 4.98 Å². The number of aryl methyl sites for hydroxylation is 1. The minimum Gasteiger partial charge on any atom is -0.294 e. The summed E-state index contributed by atoms with van der Waals surface area (Å²) in [6.45, 7) is 3.60. The highest BCUT2D eigenvalue weighted by Crippen LogP contribution is 2.26. The van der Waals surface area contributed by atoms with Crippen LogP contribution in [0.1, 0.15) is 22.8 Å². The average molecular weight is 211 g/mol. The number of ketones is 1. The number of benzene rings is 1. The molecule has 16 heavy (non-hydrogen) atoms. The summed E-state index contributed by atoms with van der Waals surface area (Å²) in [6, 6.07) is 9.63. The molecule has 0 amide bonds. The van der Waals surface area contributed by atoms with Crippen LogP contribution in [0.25, 0.3) is 11.1 Å². The normalized spacial score (nSPS) is 10.1.